The van der Waals surface area contributed by atoms with Crippen molar-refractivity contribution in [2.75, 3.05) is 13.1 Å². The molecule has 0 aromatic heterocycles. The van der Waals surface area contributed by atoms with Crippen LogP contribution in [0.2, 0.25) is 0 Å². The first kappa shape index (κ1) is 30.2. The van der Waals surface area contributed by atoms with Crippen molar-refractivity contribution in [3.05, 3.63) is 12.2 Å². The highest BCUT2D eigenvalue weighted by atomic mass is 16.4. The monoisotopic (exact) mass is 408 g/mol. The Hall–Kier alpha value is -2.54. The van der Waals surface area contributed by atoms with Gasteiger partial charge >= 0.3 is 23.9 Å². The van der Waals surface area contributed by atoms with Crippen LogP contribution in [-0.4, -0.2) is 69.5 Å². The maximum absolute atomic E-state index is 10.1. The Labute approximate surface area is 163 Å². The lowest BCUT2D eigenvalue weighted by Crippen LogP contribution is -2.29. The summed E-state index contributed by atoms with van der Waals surface area (Å²) in [5.74, 6) is -4.38. The molecule has 0 unspecified atom stereocenters. The van der Waals surface area contributed by atoms with E-state index in [1.807, 2.05) is 0 Å². The number of nitrogens with two attached hydrogens (primary N) is 4. The van der Waals surface area contributed by atoms with Crippen molar-refractivity contribution >= 4 is 23.9 Å². The Balaban J connectivity index is -0.000000337. The summed E-state index contributed by atoms with van der Waals surface area (Å²) in [6.07, 6.45) is 5.44. The Morgan fingerprint density at radius 3 is 1.11 bits per heavy atom. The van der Waals surface area contributed by atoms with E-state index in [4.69, 9.17) is 43.4 Å². The van der Waals surface area contributed by atoms with Gasteiger partial charge in [-0.15, -0.1) is 0 Å². The summed E-state index contributed by atoms with van der Waals surface area (Å²) in [7, 11) is 0. The predicted molar refractivity (Wildman–Crippen MR) is 101 cm³/mol. The highest BCUT2D eigenvalue weighted by Gasteiger charge is 2.09. The second-order valence-electron chi connectivity index (χ2n) is 5.47. The number of carboxylic acids is 4. The van der Waals surface area contributed by atoms with E-state index < -0.39 is 36.0 Å². The number of carbonyl (C=O) groups is 4. The molecule has 0 spiro atoms. The fourth-order valence-corrected chi connectivity index (χ4v) is 1.41. The molecule has 0 aliphatic rings. The van der Waals surface area contributed by atoms with Crippen molar-refractivity contribution in [2.45, 2.75) is 50.6 Å². The molecular weight excluding hydrogens is 376 g/mol. The zero-order valence-corrected chi connectivity index (χ0v) is 15.7. The molecule has 0 radical (unpaired) electrons. The van der Waals surface area contributed by atoms with Gasteiger partial charge in [-0.2, -0.15) is 0 Å². The second-order valence-corrected chi connectivity index (χ2v) is 5.47. The van der Waals surface area contributed by atoms with Gasteiger partial charge in [0.25, 0.3) is 0 Å². The van der Waals surface area contributed by atoms with Crippen LogP contribution in [0.3, 0.4) is 0 Å². The van der Waals surface area contributed by atoms with E-state index in [0.29, 0.717) is 38.1 Å². The molecule has 0 rings (SSSR count). The van der Waals surface area contributed by atoms with Gasteiger partial charge in [0.2, 0.25) is 0 Å². The molecule has 12 heteroatoms. The molecule has 0 amide bonds. The maximum Gasteiger partial charge on any atom is 0.328 e. The number of hydrogen-bond donors (Lipinski definition) is 8. The molecule has 0 aliphatic carbocycles. The van der Waals surface area contributed by atoms with Gasteiger partial charge in [-0.3, -0.25) is 9.59 Å². The van der Waals surface area contributed by atoms with E-state index in [9.17, 15) is 19.2 Å². The molecule has 0 fully saturated rings. The minimum absolute atomic E-state index is 0.520. The molecular formula is C16H32N4O8. The number of hydrogen-bond acceptors (Lipinski definition) is 8. The van der Waals surface area contributed by atoms with Gasteiger partial charge < -0.3 is 43.4 Å². The first-order chi connectivity index (χ1) is 13.0. The smallest absolute Gasteiger partial charge is 0.328 e. The lowest BCUT2D eigenvalue weighted by Gasteiger charge is -2.03. The summed E-state index contributed by atoms with van der Waals surface area (Å²) in [5.41, 5.74) is 20.8. The van der Waals surface area contributed by atoms with Gasteiger partial charge in [0, 0.05) is 12.2 Å². The summed E-state index contributed by atoms with van der Waals surface area (Å²) in [6.45, 7) is 1.21. The summed E-state index contributed by atoms with van der Waals surface area (Å²) in [6, 6.07) is -1.43. The SMILES string of the molecule is NCCCC[C@H](N)C(=O)O.NCCCC[C@H](N)C(=O)O.O=C(O)/C=C/C(=O)O. The molecule has 0 aromatic carbocycles. The quantitative estimate of drug-likeness (QED) is 0.139. The lowest BCUT2D eigenvalue weighted by molar-refractivity contribution is -0.139. The van der Waals surface area contributed by atoms with Crippen molar-refractivity contribution in [3.8, 4) is 0 Å². The normalized spacial score (nSPS) is 12.0. The fraction of sp³-hybridized carbons (Fsp3) is 0.625. The fourth-order valence-electron chi connectivity index (χ4n) is 1.41. The van der Waals surface area contributed by atoms with E-state index in [1.165, 1.54) is 0 Å². The van der Waals surface area contributed by atoms with E-state index in [2.05, 4.69) is 0 Å². The summed E-state index contributed by atoms with van der Waals surface area (Å²) < 4.78 is 0. The Kier molecular flexibility index (Phi) is 22.4. The van der Waals surface area contributed by atoms with Crippen LogP contribution in [-0.2, 0) is 19.2 Å². The first-order valence-corrected chi connectivity index (χ1v) is 8.50. The Bertz CT molecular complexity index is 443. The van der Waals surface area contributed by atoms with Crippen LogP contribution in [0.4, 0.5) is 0 Å². The maximum atomic E-state index is 10.1. The number of rotatable bonds is 12. The van der Waals surface area contributed by atoms with Crippen LogP contribution in [0.15, 0.2) is 12.2 Å². The van der Waals surface area contributed by atoms with E-state index in [1.54, 1.807) is 0 Å². The largest absolute Gasteiger partial charge is 0.480 e. The average Bonchev–Trinajstić information content (AvgIpc) is 2.61. The molecule has 0 bridgehead atoms. The Morgan fingerprint density at radius 1 is 0.643 bits per heavy atom. The summed E-state index contributed by atoms with van der Waals surface area (Å²) in [4.78, 5) is 39.4. The molecule has 0 saturated heterocycles. The van der Waals surface area contributed by atoms with Gasteiger partial charge in [-0.25, -0.2) is 9.59 Å². The Morgan fingerprint density at radius 2 is 0.929 bits per heavy atom. The molecule has 28 heavy (non-hydrogen) atoms. The van der Waals surface area contributed by atoms with Crippen LogP contribution in [0, 0.1) is 0 Å². The molecule has 0 saturated carbocycles. The van der Waals surface area contributed by atoms with Crippen molar-refractivity contribution in [1.29, 1.82) is 0 Å². The van der Waals surface area contributed by atoms with E-state index >= 15 is 0 Å². The van der Waals surface area contributed by atoms with Crippen LogP contribution >= 0.6 is 0 Å². The minimum atomic E-state index is -1.26. The number of aliphatic carboxylic acids is 4. The van der Waals surface area contributed by atoms with Crippen molar-refractivity contribution in [2.24, 2.45) is 22.9 Å². The number of unbranched alkanes of at least 4 members (excludes halogenated alkanes) is 2. The van der Waals surface area contributed by atoms with Crippen LogP contribution in [0.1, 0.15) is 38.5 Å². The molecule has 12 nitrogen and oxygen atoms in total. The highest BCUT2D eigenvalue weighted by Crippen LogP contribution is 1.97. The van der Waals surface area contributed by atoms with Crippen molar-refractivity contribution in [1.82, 2.24) is 0 Å². The van der Waals surface area contributed by atoms with Crippen molar-refractivity contribution < 1.29 is 39.6 Å². The van der Waals surface area contributed by atoms with E-state index in [0.717, 1.165) is 25.7 Å². The van der Waals surface area contributed by atoms with Crippen LogP contribution in [0.25, 0.3) is 0 Å². The van der Waals surface area contributed by atoms with Gasteiger partial charge in [0.15, 0.2) is 0 Å². The average molecular weight is 408 g/mol. The van der Waals surface area contributed by atoms with Crippen LogP contribution in [0.5, 0.6) is 0 Å². The molecule has 164 valence electrons. The van der Waals surface area contributed by atoms with Crippen LogP contribution < -0.4 is 22.9 Å². The van der Waals surface area contributed by atoms with Gasteiger partial charge in [0.1, 0.15) is 12.1 Å². The molecule has 2 atom stereocenters. The van der Waals surface area contributed by atoms with Gasteiger partial charge in [-0.05, 0) is 38.8 Å². The molecule has 12 N–H and O–H groups in total. The van der Waals surface area contributed by atoms with Gasteiger partial charge in [-0.1, -0.05) is 12.8 Å². The summed E-state index contributed by atoms with van der Waals surface area (Å²) >= 11 is 0. The first-order valence-electron chi connectivity index (χ1n) is 8.50. The highest BCUT2D eigenvalue weighted by molar-refractivity contribution is 5.89. The number of carboxylic acid groups (broad SMARTS) is 4. The zero-order chi connectivity index (χ0) is 22.5. The van der Waals surface area contributed by atoms with E-state index in [-0.39, 0.29) is 0 Å². The molecule has 0 aliphatic heterocycles. The zero-order valence-electron chi connectivity index (χ0n) is 15.7. The molecule has 0 aromatic rings. The topological polar surface area (TPSA) is 253 Å². The third kappa shape index (κ3) is 28.3. The molecule has 0 heterocycles. The second kappa shape index (κ2) is 20.8. The third-order valence-electron chi connectivity index (χ3n) is 2.94. The third-order valence-corrected chi connectivity index (χ3v) is 2.94. The van der Waals surface area contributed by atoms with Crippen molar-refractivity contribution in [3.63, 3.8) is 0 Å². The van der Waals surface area contributed by atoms with Gasteiger partial charge in [0.05, 0.1) is 0 Å². The summed E-state index contributed by atoms with van der Waals surface area (Å²) in [5, 5.41) is 32.3. The minimum Gasteiger partial charge on any atom is -0.480 e. The standard InChI is InChI=1S/2C6H14N2O2.C4H4O4/c2*7-4-2-1-3-5(8)6(9)10;5-3(6)1-2-4(7)8/h2*5H,1-4,7-8H2,(H,9,10);1-2H,(H,5,6)(H,7,8)/b;;2-1+/t2*5-;/m00./s1. The lowest BCUT2D eigenvalue weighted by atomic mass is 10.1. The predicted octanol–water partition coefficient (Wildman–Crippen LogP) is -1.23.